The van der Waals surface area contributed by atoms with Gasteiger partial charge in [-0.25, -0.2) is 0 Å². The Hall–Kier alpha value is -0.570. The molecule has 3 nitrogen and oxygen atoms in total. The summed E-state index contributed by atoms with van der Waals surface area (Å²) in [6.45, 7) is 5.35. The monoisotopic (exact) mass is 252 g/mol. The van der Waals surface area contributed by atoms with E-state index in [1.165, 1.54) is 32.1 Å². The van der Waals surface area contributed by atoms with Crippen molar-refractivity contribution in [1.82, 2.24) is 10.6 Å². The van der Waals surface area contributed by atoms with E-state index in [0.29, 0.717) is 12.3 Å². The minimum atomic E-state index is 0.257. The van der Waals surface area contributed by atoms with E-state index >= 15 is 0 Å². The van der Waals surface area contributed by atoms with Crippen LogP contribution in [0.5, 0.6) is 0 Å². The molecule has 0 radical (unpaired) electrons. The van der Waals surface area contributed by atoms with Crippen molar-refractivity contribution in [3.05, 3.63) is 0 Å². The second kappa shape index (κ2) is 7.13. The van der Waals surface area contributed by atoms with Crippen molar-refractivity contribution >= 4 is 5.91 Å². The summed E-state index contributed by atoms with van der Waals surface area (Å²) in [5, 5.41) is 6.42. The van der Waals surface area contributed by atoms with Crippen LogP contribution in [-0.4, -0.2) is 25.5 Å². The normalized spacial score (nSPS) is 32.4. The summed E-state index contributed by atoms with van der Waals surface area (Å²) in [6, 6.07) is 0. The summed E-state index contributed by atoms with van der Waals surface area (Å²) in [4.78, 5) is 11.8. The van der Waals surface area contributed by atoms with E-state index in [1.54, 1.807) is 0 Å². The molecule has 2 aliphatic rings. The van der Waals surface area contributed by atoms with Gasteiger partial charge in [0, 0.05) is 13.0 Å². The van der Waals surface area contributed by atoms with Crippen LogP contribution in [0.25, 0.3) is 0 Å². The molecule has 0 aromatic heterocycles. The van der Waals surface area contributed by atoms with Crippen LogP contribution in [0.2, 0.25) is 0 Å². The maximum atomic E-state index is 11.8. The molecule has 1 saturated carbocycles. The van der Waals surface area contributed by atoms with Crippen LogP contribution in [0.3, 0.4) is 0 Å². The van der Waals surface area contributed by atoms with E-state index < -0.39 is 0 Å². The van der Waals surface area contributed by atoms with E-state index in [1.807, 2.05) is 0 Å². The smallest absolute Gasteiger partial charge is 0.220 e. The summed E-state index contributed by atoms with van der Waals surface area (Å²) in [5.74, 6) is 2.57. The van der Waals surface area contributed by atoms with E-state index in [4.69, 9.17) is 0 Å². The highest BCUT2D eigenvalue weighted by atomic mass is 16.1. The van der Waals surface area contributed by atoms with Crippen LogP contribution >= 0.6 is 0 Å². The highest BCUT2D eigenvalue weighted by Crippen LogP contribution is 2.30. The fraction of sp³-hybridized carbons (Fsp3) is 0.933. The first kappa shape index (κ1) is 13.9. The summed E-state index contributed by atoms with van der Waals surface area (Å²) in [5.41, 5.74) is 0. The second-order valence-electron chi connectivity index (χ2n) is 6.34. The van der Waals surface area contributed by atoms with Gasteiger partial charge < -0.3 is 10.6 Å². The molecular formula is C15H28N2O. The van der Waals surface area contributed by atoms with Gasteiger partial charge in [0.05, 0.1) is 0 Å². The van der Waals surface area contributed by atoms with Gasteiger partial charge in [-0.15, -0.1) is 0 Å². The van der Waals surface area contributed by atoms with Gasteiger partial charge in [0.25, 0.3) is 0 Å². The molecule has 1 saturated heterocycles. The van der Waals surface area contributed by atoms with Crippen molar-refractivity contribution < 1.29 is 4.79 Å². The molecule has 3 heteroatoms. The minimum absolute atomic E-state index is 0.257. The Kier molecular flexibility index (Phi) is 5.48. The van der Waals surface area contributed by atoms with Gasteiger partial charge in [-0.1, -0.05) is 26.2 Å². The van der Waals surface area contributed by atoms with Gasteiger partial charge in [-0.3, -0.25) is 4.79 Å². The second-order valence-corrected chi connectivity index (χ2v) is 6.34. The molecule has 2 rings (SSSR count). The molecule has 104 valence electrons. The number of amides is 1. The summed E-state index contributed by atoms with van der Waals surface area (Å²) in [6.07, 6.45) is 8.57. The molecule has 1 heterocycles. The third-order valence-corrected chi connectivity index (χ3v) is 4.56. The number of rotatable bonds is 5. The van der Waals surface area contributed by atoms with Crippen LogP contribution < -0.4 is 10.6 Å². The largest absolute Gasteiger partial charge is 0.356 e. The third-order valence-electron chi connectivity index (χ3n) is 4.56. The lowest BCUT2D eigenvalue weighted by molar-refractivity contribution is -0.121. The van der Waals surface area contributed by atoms with Crippen molar-refractivity contribution in [3.63, 3.8) is 0 Å². The molecule has 18 heavy (non-hydrogen) atoms. The molecule has 1 aliphatic carbocycles. The van der Waals surface area contributed by atoms with Crippen LogP contribution in [0.4, 0.5) is 0 Å². The van der Waals surface area contributed by atoms with Gasteiger partial charge in [0.1, 0.15) is 0 Å². The molecular weight excluding hydrogens is 224 g/mol. The van der Waals surface area contributed by atoms with E-state index in [9.17, 15) is 4.79 Å². The lowest BCUT2D eigenvalue weighted by atomic mass is 9.81. The van der Waals surface area contributed by atoms with E-state index in [-0.39, 0.29) is 5.91 Å². The average molecular weight is 252 g/mol. The Morgan fingerprint density at radius 2 is 2.17 bits per heavy atom. The molecule has 2 fully saturated rings. The van der Waals surface area contributed by atoms with Gasteiger partial charge in [-0.05, 0) is 50.1 Å². The number of hydrogen-bond donors (Lipinski definition) is 2. The van der Waals surface area contributed by atoms with Crippen LogP contribution in [0.15, 0.2) is 0 Å². The van der Waals surface area contributed by atoms with Gasteiger partial charge >= 0.3 is 0 Å². The first-order chi connectivity index (χ1) is 8.74. The zero-order chi connectivity index (χ0) is 12.8. The number of carbonyl (C=O) groups excluding carboxylic acids is 1. The van der Waals surface area contributed by atoms with Crippen molar-refractivity contribution in [3.8, 4) is 0 Å². The highest BCUT2D eigenvalue weighted by molar-refractivity contribution is 5.76. The molecule has 0 bridgehead atoms. The van der Waals surface area contributed by atoms with Crippen molar-refractivity contribution in [2.24, 2.45) is 17.8 Å². The standard InChI is InChI=1S/C15H28N2O/c1-12-3-2-4-13(9-12)6-8-17-15(18)10-14-5-7-16-11-14/h12-14,16H,2-11H2,1H3,(H,17,18). The van der Waals surface area contributed by atoms with Crippen molar-refractivity contribution in [1.29, 1.82) is 0 Å². The molecule has 0 spiro atoms. The number of hydrogen-bond acceptors (Lipinski definition) is 2. The maximum absolute atomic E-state index is 11.8. The van der Waals surface area contributed by atoms with Gasteiger partial charge in [0.15, 0.2) is 0 Å². The van der Waals surface area contributed by atoms with Crippen molar-refractivity contribution in [2.45, 2.75) is 51.9 Å². The Labute approximate surface area is 111 Å². The quantitative estimate of drug-likeness (QED) is 0.788. The predicted molar refractivity (Wildman–Crippen MR) is 74.3 cm³/mol. The molecule has 3 unspecified atom stereocenters. The van der Waals surface area contributed by atoms with Gasteiger partial charge in [0.2, 0.25) is 5.91 Å². The van der Waals surface area contributed by atoms with E-state index in [2.05, 4.69) is 17.6 Å². The molecule has 3 atom stereocenters. The zero-order valence-corrected chi connectivity index (χ0v) is 11.7. The number of nitrogens with one attached hydrogen (secondary N) is 2. The molecule has 0 aromatic rings. The fourth-order valence-corrected chi connectivity index (χ4v) is 3.46. The Balaban J connectivity index is 1.55. The fourth-order valence-electron chi connectivity index (χ4n) is 3.46. The summed E-state index contributed by atoms with van der Waals surface area (Å²) < 4.78 is 0. The zero-order valence-electron chi connectivity index (χ0n) is 11.7. The van der Waals surface area contributed by atoms with Crippen molar-refractivity contribution in [2.75, 3.05) is 19.6 Å². The number of carbonyl (C=O) groups is 1. The lowest BCUT2D eigenvalue weighted by Gasteiger charge is -2.26. The van der Waals surface area contributed by atoms with Crippen LogP contribution in [0.1, 0.15) is 51.9 Å². The topological polar surface area (TPSA) is 41.1 Å². The first-order valence-corrected chi connectivity index (χ1v) is 7.71. The first-order valence-electron chi connectivity index (χ1n) is 7.71. The average Bonchev–Trinajstić information content (AvgIpc) is 2.82. The van der Waals surface area contributed by atoms with Crippen LogP contribution in [0, 0.1) is 17.8 Å². The Morgan fingerprint density at radius 3 is 2.89 bits per heavy atom. The maximum Gasteiger partial charge on any atom is 0.220 e. The molecule has 1 amide bonds. The SMILES string of the molecule is CC1CCCC(CCNC(=O)CC2CCNC2)C1. The summed E-state index contributed by atoms with van der Waals surface area (Å²) >= 11 is 0. The Bertz CT molecular complexity index is 261. The van der Waals surface area contributed by atoms with Crippen LogP contribution in [-0.2, 0) is 4.79 Å². The highest BCUT2D eigenvalue weighted by Gasteiger charge is 2.20. The van der Waals surface area contributed by atoms with Gasteiger partial charge in [-0.2, -0.15) is 0 Å². The van der Waals surface area contributed by atoms with E-state index in [0.717, 1.165) is 37.9 Å². The molecule has 0 aromatic carbocycles. The predicted octanol–water partition coefficient (Wildman–Crippen LogP) is 2.32. The third kappa shape index (κ3) is 4.60. The molecule has 1 aliphatic heterocycles. The lowest BCUT2D eigenvalue weighted by Crippen LogP contribution is -2.29. The molecule has 2 N–H and O–H groups in total. The minimum Gasteiger partial charge on any atom is -0.356 e. The Morgan fingerprint density at radius 1 is 1.28 bits per heavy atom. The summed E-state index contributed by atoms with van der Waals surface area (Å²) in [7, 11) is 0.